The van der Waals surface area contributed by atoms with E-state index in [1.807, 2.05) is 12.1 Å². The van der Waals surface area contributed by atoms with Crippen molar-refractivity contribution < 1.29 is 19.0 Å². The van der Waals surface area contributed by atoms with E-state index in [9.17, 15) is 4.79 Å². The van der Waals surface area contributed by atoms with Gasteiger partial charge in [0.25, 0.3) is 5.91 Å². The van der Waals surface area contributed by atoms with Crippen molar-refractivity contribution in [3.63, 3.8) is 0 Å². The number of anilines is 1. The molecule has 1 aromatic carbocycles. The van der Waals surface area contributed by atoms with Gasteiger partial charge >= 0.3 is 0 Å². The van der Waals surface area contributed by atoms with E-state index >= 15 is 0 Å². The third-order valence-electron chi connectivity index (χ3n) is 3.85. The zero-order valence-corrected chi connectivity index (χ0v) is 13.6. The Kier molecular flexibility index (Phi) is 4.41. The van der Waals surface area contributed by atoms with Crippen LogP contribution >= 0.6 is 0 Å². The predicted molar refractivity (Wildman–Crippen MR) is 88.4 cm³/mol. The van der Waals surface area contributed by atoms with Crippen molar-refractivity contribution in [1.82, 2.24) is 9.88 Å². The number of aromatic nitrogens is 1. The Morgan fingerprint density at radius 3 is 2.88 bits per heavy atom. The summed E-state index contributed by atoms with van der Waals surface area (Å²) in [5.41, 5.74) is 7.43. The van der Waals surface area contributed by atoms with Crippen LogP contribution in [-0.2, 0) is 6.54 Å². The minimum Gasteiger partial charge on any atom is -0.497 e. The number of carbonyl (C=O) groups excluding carboxylic acids is 1. The molecule has 0 aliphatic carbocycles. The van der Waals surface area contributed by atoms with Gasteiger partial charge in [-0.05, 0) is 18.2 Å². The normalized spacial score (nSPS) is 13.8. The minimum absolute atomic E-state index is 0.167. The van der Waals surface area contributed by atoms with Crippen molar-refractivity contribution in [3.8, 4) is 17.4 Å². The summed E-state index contributed by atoms with van der Waals surface area (Å²) >= 11 is 0. The van der Waals surface area contributed by atoms with Crippen LogP contribution < -0.4 is 19.9 Å². The molecule has 0 atom stereocenters. The molecule has 2 N–H and O–H groups in total. The van der Waals surface area contributed by atoms with Gasteiger partial charge in [0.2, 0.25) is 5.88 Å². The van der Waals surface area contributed by atoms with E-state index in [-0.39, 0.29) is 5.91 Å². The van der Waals surface area contributed by atoms with E-state index in [0.29, 0.717) is 48.3 Å². The lowest BCUT2D eigenvalue weighted by atomic mass is 10.1. The lowest BCUT2D eigenvalue weighted by Gasteiger charge is -2.21. The van der Waals surface area contributed by atoms with Crippen LogP contribution in [0.5, 0.6) is 17.4 Å². The number of ether oxygens (including phenoxy) is 3. The zero-order chi connectivity index (χ0) is 17.1. The van der Waals surface area contributed by atoms with Gasteiger partial charge < -0.3 is 24.8 Å². The number of fused-ring (bicyclic) bond motifs is 1. The van der Waals surface area contributed by atoms with Gasteiger partial charge in [0.15, 0.2) is 0 Å². The topological polar surface area (TPSA) is 86.9 Å². The highest BCUT2D eigenvalue weighted by molar-refractivity contribution is 5.97. The maximum atomic E-state index is 12.8. The number of benzene rings is 1. The highest BCUT2D eigenvalue weighted by Gasteiger charge is 2.25. The Hall–Kier alpha value is -2.96. The quantitative estimate of drug-likeness (QED) is 0.919. The lowest BCUT2D eigenvalue weighted by molar-refractivity contribution is 0.0742. The minimum atomic E-state index is -0.167. The average Bonchev–Trinajstić information content (AvgIpc) is 2.75. The molecule has 3 rings (SSSR count). The van der Waals surface area contributed by atoms with Gasteiger partial charge in [0.05, 0.1) is 32.6 Å². The fourth-order valence-corrected chi connectivity index (χ4v) is 2.60. The smallest absolute Gasteiger partial charge is 0.259 e. The van der Waals surface area contributed by atoms with Crippen molar-refractivity contribution in [1.29, 1.82) is 0 Å². The van der Waals surface area contributed by atoms with Gasteiger partial charge in [0, 0.05) is 18.2 Å². The molecule has 1 aliphatic heterocycles. The molecule has 0 radical (unpaired) electrons. The first-order chi connectivity index (χ1) is 11.6. The van der Waals surface area contributed by atoms with Gasteiger partial charge in [0.1, 0.15) is 23.7 Å². The van der Waals surface area contributed by atoms with E-state index in [4.69, 9.17) is 19.9 Å². The van der Waals surface area contributed by atoms with Gasteiger partial charge in [-0.3, -0.25) is 4.79 Å². The Bertz CT molecular complexity index is 763. The first-order valence-electron chi connectivity index (χ1n) is 7.51. The molecular formula is C17H19N3O4. The Labute approximate surface area is 139 Å². The molecule has 0 spiro atoms. The first kappa shape index (κ1) is 15.9. The van der Waals surface area contributed by atoms with Crippen LogP contribution in [0.25, 0.3) is 0 Å². The number of methoxy groups -OCH3 is 2. The maximum absolute atomic E-state index is 12.8. The molecule has 1 amide bonds. The lowest BCUT2D eigenvalue weighted by Crippen LogP contribution is -2.32. The summed E-state index contributed by atoms with van der Waals surface area (Å²) in [6.07, 6.45) is 1.48. The van der Waals surface area contributed by atoms with Gasteiger partial charge in [-0.25, -0.2) is 4.98 Å². The van der Waals surface area contributed by atoms with Crippen molar-refractivity contribution >= 4 is 11.6 Å². The number of hydrogen-bond acceptors (Lipinski definition) is 6. The molecule has 1 aliphatic rings. The van der Waals surface area contributed by atoms with Crippen molar-refractivity contribution in [2.45, 2.75) is 6.54 Å². The van der Waals surface area contributed by atoms with Crippen LogP contribution in [0.2, 0.25) is 0 Å². The molecule has 24 heavy (non-hydrogen) atoms. The number of nitrogens with two attached hydrogens (primary N) is 1. The van der Waals surface area contributed by atoms with Gasteiger partial charge in [-0.1, -0.05) is 0 Å². The monoisotopic (exact) mass is 329 g/mol. The molecule has 7 heteroatoms. The molecule has 0 bridgehead atoms. The zero-order valence-electron chi connectivity index (χ0n) is 13.6. The predicted octanol–water partition coefficient (Wildman–Crippen LogP) is 1.72. The number of hydrogen-bond donors (Lipinski definition) is 1. The summed E-state index contributed by atoms with van der Waals surface area (Å²) in [7, 11) is 3.18. The molecule has 2 heterocycles. The fraction of sp³-hybridized carbons (Fsp3) is 0.294. The SMILES string of the molecule is COc1ccc(CN2CCOc3ncc(N)cc3C2=O)c(OC)c1. The number of nitrogens with zero attached hydrogens (tertiary/aromatic N) is 2. The number of pyridine rings is 1. The summed E-state index contributed by atoms with van der Waals surface area (Å²) in [5.74, 6) is 1.51. The second kappa shape index (κ2) is 6.66. The summed E-state index contributed by atoms with van der Waals surface area (Å²) in [5, 5.41) is 0. The second-order valence-corrected chi connectivity index (χ2v) is 5.37. The number of nitrogen functional groups attached to an aromatic ring is 1. The van der Waals surface area contributed by atoms with Crippen molar-refractivity contribution in [2.75, 3.05) is 33.1 Å². The molecule has 7 nitrogen and oxygen atoms in total. The van der Waals surface area contributed by atoms with Gasteiger partial charge in [-0.15, -0.1) is 0 Å². The van der Waals surface area contributed by atoms with Crippen molar-refractivity contribution in [2.24, 2.45) is 0 Å². The molecule has 1 aromatic heterocycles. The van der Waals surface area contributed by atoms with Crippen LogP contribution in [0, 0.1) is 0 Å². The summed E-state index contributed by atoms with van der Waals surface area (Å²) in [4.78, 5) is 18.6. The Balaban J connectivity index is 1.89. The average molecular weight is 329 g/mol. The first-order valence-corrected chi connectivity index (χ1v) is 7.51. The van der Waals surface area contributed by atoms with Crippen LogP contribution in [-0.4, -0.2) is 43.2 Å². The van der Waals surface area contributed by atoms with E-state index < -0.39 is 0 Å². The largest absolute Gasteiger partial charge is 0.497 e. The van der Waals surface area contributed by atoms with Gasteiger partial charge in [-0.2, -0.15) is 0 Å². The molecule has 0 fully saturated rings. The third kappa shape index (κ3) is 3.05. The molecule has 0 saturated carbocycles. The number of rotatable bonds is 4. The summed E-state index contributed by atoms with van der Waals surface area (Å²) < 4.78 is 16.2. The molecule has 126 valence electrons. The van der Waals surface area contributed by atoms with E-state index in [2.05, 4.69) is 4.98 Å². The van der Waals surface area contributed by atoms with Crippen LogP contribution in [0.1, 0.15) is 15.9 Å². The third-order valence-corrected chi connectivity index (χ3v) is 3.85. The van der Waals surface area contributed by atoms with Crippen LogP contribution in [0.15, 0.2) is 30.5 Å². The summed E-state index contributed by atoms with van der Waals surface area (Å²) in [6, 6.07) is 7.11. The molecular weight excluding hydrogens is 310 g/mol. The van der Waals surface area contributed by atoms with E-state index in [1.54, 1.807) is 31.3 Å². The highest BCUT2D eigenvalue weighted by Crippen LogP contribution is 2.28. The second-order valence-electron chi connectivity index (χ2n) is 5.37. The maximum Gasteiger partial charge on any atom is 0.259 e. The number of carbonyl (C=O) groups is 1. The Morgan fingerprint density at radius 1 is 1.29 bits per heavy atom. The van der Waals surface area contributed by atoms with E-state index in [0.717, 1.165) is 5.56 Å². The van der Waals surface area contributed by atoms with E-state index in [1.165, 1.54) is 6.20 Å². The highest BCUT2D eigenvalue weighted by atomic mass is 16.5. The number of amides is 1. The molecule has 2 aromatic rings. The molecule has 0 saturated heterocycles. The summed E-state index contributed by atoms with van der Waals surface area (Å²) in [6.45, 7) is 1.21. The standard InChI is InChI=1S/C17H19N3O4/c1-22-13-4-3-11(15(8-13)23-2)10-20-5-6-24-16-14(17(20)21)7-12(18)9-19-16/h3-4,7-9H,5-6,10,18H2,1-2H3. The molecule has 0 unspecified atom stereocenters. The van der Waals surface area contributed by atoms with Crippen LogP contribution in [0.3, 0.4) is 0 Å². The van der Waals surface area contributed by atoms with Crippen LogP contribution in [0.4, 0.5) is 5.69 Å². The fourth-order valence-electron chi connectivity index (χ4n) is 2.60. The Morgan fingerprint density at radius 2 is 2.12 bits per heavy atom. The van der Waals surface area contributed by atoms with Crippen molar-refractivity contribution in [3.05, 3.63) is 41.6 Å².